The van der Waals surface area contributed by atoms with E-state index < -0.39 is 10.0 Å². The van der Waals surface area contributed by atoms with E-state index in [-0.39, 0.29) is 23.1 Å². The summed E-state index contributed by atoms with van der Waals surface area (Å²) in [5.41, 5.74) is 5.90. The molecule has 7 heteroatoms. The molecule has 0 fully saturated rings. The summed E-state index contributed by atoms with van der Waals surface area (Å²) in [4.78, 5) is 0.0806. The molecule has 0 saturated carbocycles. The molecule has 0 radical (unpaired) electrons. The number of sulfonamides is 1. The molecule has 108 valence electrons. The van der Waals surface area contributed by atoms with Crippen molar-refractivity contribution in [3.63, 3.8) is 0 Å². The van der Waals surface area contributed by atoms with E-state index in [1.807, 2.05) is 6.92 Å². The van der Waals surface area contributed by atoms with Crippen LogP contribution in [0.3, 0.4) is 0 Å². The first-order valence-electron chi connectivity index (χ1n) is 6.02. The van der Waals surface area contributed by atoms with Crippen molar-refractivity contribution >= 4 is 31.6 Å². The first-order chi connectivity index (χ1) is 8.86. The number of aliphatic hydroxyl groups excluding tert-OH is 1. The van der Waals surface area contributed by atoms with Crippen LogP contribution < -0.4 is 10.5 Å². The second kappa shape index (κ2) is 7.23. The average Bonchev–Trinajstić information content (AvgIpc) is 2.37. The highest BCUT2D eigenvalue weighted by atomic mass is 79.9. The van der Waals surface area contributed by atoms with Gasteiger partial charge in [0.1, 0.15) is 4.90 Å². The van der Waals surface area contributed by atoms with Crippen LogP contribution in [0.1, 0.15) is 19.8 Å². The maximum atomic E-state index is 12.1. The lowest BCUT2D eigenvalue weighted by atomic mass is 10.1. The van der Waals surface area contributed by atoms with Gasteiger partial charge >= 0.3 is 0 Å². The lowest BCUT2D eigenvalue weighted by Gasteiger charge is -2.11. The second-order valence-corrected chi connectivity index (χ2v) is 7.16. The summed E-state index contributed by atoms with van der Waals surface area (Å²) in [7, 11) is -3.59. The van der Waals surface area contributed by atoms with Gasteiger partial charge in [0.15, 0.2) is 0 Å². The van der Waals surface area contributed by atoms with Crippen LogP contribution in [0.15, 0.2) is 27.6 Å². The van der Waals surface area contributed by atoms with Gasteiger partial charge in [-0.3, -0.25) is 0 Å². The highest BCUT2D eigenvalue weighted by molar-refractivity contribution is 9.10. The van der Waals surface area contributed by atoms with Crippen LogP contribution in [-0.4, -0.2) is 26.7 Å². The summed E-state index contributed by atoms with van der Waals surface area (Å²) in [5.74, 6) is 0.181. The van der Waals surface area contributed by atoms with E-state index in [0.29, 0.717) is 17.4 Å². The molecule has 0 aliphatic rings. The Hall–Kier alpha value is -0.630. The fourth-order valence-corrected chi connectivity index (χ4v) is 3.31. The maximum Gasteiger partial charge on any atom is 0.242 e. The van der Waals surface area contributed by atoms with Crippen LogP contribution in [0, 0.1) is 5.92 Å². The quantitative estimate of drug-likeness (QED) is 0.515. The van der Waals surface area contributed by atoms with Crippen molar-refractivity contribution < 1.29 is 13.5 Å². The third-order valence-electron chi connectivity index (χ3n) is 2.74. The predicted octanol–water partition coefficient (Wildman–Crippen LogP) is 1.72. The van der Waals surface area contributed by atoms with E-state index >= 15 is 0 Å². The Morgan fingerprint density at radius 1 is 1.47 bits per heavy atom. The normalized spacial score (nSPS) is 13.4. The molecule has 0 bridgehead atoms. The van der Waals surface area contributed by atoms with Crippen molar-refractivity contribution in [1.29, 1.82) is 0 Å². The van der Waals surface area contributed by atoms with E-state index in [9.17, 15) is 8.42 Å². The molecular formula is C12H19BrN2O3S. The summed E-state index contributed by atoms with van der Waals surface area (Å²) < 4.78 is 27.3. The molecular weight excluding hydrogens is 332 g/mol. The van der Waals surface area contributed by atoms with Crippen molar-refractivity contribution in [3.8, 4) is 0 Å². The highest BCUT2D eigenvalue weighted by Crippen LogP contribution is 2.22. The zero-order valence-electron chi connectivity index (χ0n) is 10.8. The lowest BCUT2D eigenvalue weighted by molar-refractivity contribution is 0.228. The summed E-state index contributed by atoms with van der Waals surface area (Å²) in [6.07, 6.45) is 1.45. The fraction of sp³-hybridized carbons (Fsp3) is 0.500. The minimum Gasteiger partial charge on any atom is -0.398 e. The van der Waals surface area contributed by atoms with Gasteiger partial charge in [0.05, 0.1) is 5.69 Å². The zero-order valence-corrected chi connectivity index (χ0v) is 13.2. The standard InChI is InChI=1S/C12H19BrN2O3S/c1-9(8-16)3-2-6-15-19(17,18)12-7-10(13)4-5-11(12)14/h4-5,7,9,15-16H,2-3,6,8,14H2,1H3. The van der Waals surface area contributed by atoms with E-state index in [1.165, 1.54) is 6.07 Å². The van der Waals surface area contributed by atoms with E-state index in [0.717, 1.165) is 6.42 Å². The molecule has 19 heavy (non-hydrogen) atoms. The van der Waals surface area contributed by atoms with Gasteiger partial charge < -0.3 is 10.8 Å². The number of benzene rings is 1. The zero-order chi connectivity index (χ0) is 14.5. The number of nitrogens with two attached hydrogens (primary N) is 1. The van der Waals surface area contributed by atoms with E-state index in [2.05, 4.69) is 20.7 Å². The van der Waals surface area contributed by atoms with Gasteiger partial charge in [-0.15, -0.1) is 0 Å². The third-order valence-corrected chi connectivity index (χ3v) is 4.75. The van der Waals surface area contributed by atoms with Gasteiger partial charge in [0, 0.05) is 17.6 Å². The minimum absolute atomic E-state index is 0.0806. The highest BCUT2D eigenvalue weighted by Gasteiger charge is 2.17. The van der Waals surface area contributed by atoms with Gasteiger partial charge in [-0.1, -0.05) is 22.9 Å². The van der Waals surface area contributed by atoms with Crippen molar-refractivity contribution in [1.82, 2.24) is 4.72 Å². The summed E-state index contributed by atoms with van der Waals surface area (Å²) in [5, 5.41) is 8.88. The van der Waals surface area contributed by atoms with Crippen molar-refractivity contribution in [2.45, 2.75) is 24.7 Å². The van der Waals surface area contributed by atoms with Crippen LogP contribution in [0.2, 0.25) is 0 Å². The molecule has 0 heterocycles. The molecule has 0 saturated heterocycles. The van der Waals surface area contributed by atoms with Crippen molar-refractivity contribution in [3.05, 3.63) is 22.7 Å². The Kier molecular flexibility index (Phi) is 6.25. The summed E-state index contributed by atoms with van der Waals surface area (Å²) in [6, 6.07) is 4.72. The number of hydrogen-bond donors (Lipinski definition) is 3. The minimum atomic E-state index is -3.59. The third kappa shape index (κ3) is 5.10. The van der Waals surface area contributed by atoms with Gasteiger partial charge in [0.25, 0.3) is 0 Å². The van der Waals surface area contributed by atoms with Crippen LogP contribution in [0.4, 0.5) is 5.69 Å². The number of nitrogens with one attached hydrogen (secondary N) is 1. The molecule has 1 unspecified atom stereocenters. The van der Waals surface area contributed by atoms with Gasteiger partial charge in [-0.2, -0.15) is 0 Å². The molecule has 1 aromatic carbocycles. The first-order valence-corrected chi connectivity index (χ1v) is 8.30. The molecule has 0 amide bonds. The maximum absolute atomic E-state index is 12.1. The van der Waals surface area contributed by atoms with E-state index in [1.54, 1.807) is 12.1 Å². The molecule has 1 atom stereocenters. The van der Waals surface area contributed by atoms with Gasteiger partial charge in [-0.05, 0) is 37.0 Å². The van der Waals surface area contributed by atoms with Crippen LogP contribution in [-0.2, 0) is 10.0 Å². The topological polar surface area (TPSA) is 92.4 Å². The number of nitrogen functional groups attached to an aromatic ring is 1. The molecule has 5 nitrogen and oxygen atoms in total. The van der Waals surface area contributed by atoms with Crippen molar-refractivity contribution in [2.75, 3.05) is 18.9 Å². The number of anilines is 1. The number of hydrogen-bond acceptors (Lipinski definition) is 4. The monoisotopic (exact) mass is 350 g/mol. The lowest BCUT2D eigenvalue weighted by Crippen LogP contribution is -2.26. The Morgan fingerprint density at radius 3 is 2.79 bits per heavy atom. The Morgan fingerprint density at radius 2 is 2.16 bits per heavy atom. The molecule has 0 aliphatic carbocycles. The Balaban J connectivity index is 2.64. The smallest absolute Gasteiger partial charge is 0.242 e. The van der Waals surface area contributed by atoms with Crippen LogP contribution in [0.25, 0.3) is 0 Å². The fourth-order valence-electron chi connectivity index (χ4n) is 1.57. The summed E-state index contributed by atoms with van der Waals surface area (Å²) >= 11 is 3.22. The van der Waals surface area contributed by atoms with Crippen molar-refractivity contribution in [2.24, 2.45) is 5.92 Å². The van der Waals surface area contributed by atoms with Gasteiger partial charge in [-0.25, -0.2) is 13.1 Å². The Labute approximate surface area is 122 Å². The molecule has 0 aromatic heterocycles. The van der Waals surface area contributed by atoms with E-state index in [4.69, 9.17) is 10.8 Å². The number of halogens is 1. The SMILES string of the molecule is CC(CO)CCCNS(=O)(=O)c1cc(Br)ccc1N. The molecule has 0 spiro atoms. The van der Waals surface area contributed by atoms with Crippen LogP contribution >= 0.6 is 15.9 Å². The molecule has 0 aliphatic heterocycles. The molecule has 1 rings (SSSR count). The van der Waals surface area contributed by atoms with Gasteiger partial charge in [0.2, 0.25) is 10.0 Å². The summed E-state index contributed by atoms with van der Waals surface area (Å²) in [6.45, 7) is 2.37. The average molecular weight is 351 g/mol. The Bertz CT molecular complexity index is 520. The molecule has 1 aromatic rings. The number of rotatable bonds is 7. The largest absolute Gasteiger partial charge is 0.398 e. The second-order valence-electron chi connectivity index (χ2n) is 4.51. The first kappa shape index (κ1) is 16.4. The predicted molar refractivity (Wildman–Crippen MR) is 79.2 cm³/mol. The van der Waals surface area contributed by atoms with Crippen LogP contribution in [0.5, 0.6) is 0 Å². The molecule has 4 N–H and O–H groups in total. The number of aliphatic hydroxyl groups is 1.